The molecule has 0 spiro atoms. The molecule has 0 saturated heterocycles. The maximum absolute atomic E-state index is 12.4. The van der Waals surface area contributed by atoms with Gasteiger partial charge in [0.2, 0.25) is 0 Å². The van der Waals surface area contributed by atoms with Crippen LogP contribution in [0, 0.1) is 3.57 Å². The highest BCUT2D eigenvalue weighted by Crippen LogP contribution is 2.27. The van der Waals surface area contributed by atoms with Crippen LogP contribution in [0.5, 0.6) is 0 Å². The van der Waals surface area contributed by atoms with Crippen molar-refractivity contribution in [3.05, 3.63) is 77.5 Å². The zero-order chi connectivity index (χ0) is 20.7. The van der Waals surface area contributed by atoms with Gasteiger partial charge in [-0.1, -0.05) is 24.3 Å². The van der Waals surface area contributed by atoms with Crippen molar-refractivity contribution in [3.63, 3.8) is 0 Å². The molecule has 1 N–H and O–H groups in total. The summed E-state index contributed by atoms with van der Waals surface area (Å²) in [6.45, 7) is 0.660. The van der Waals surface area contributed by atoms with Gasteiger partial charge in [-0.05, 0) is 89.9 Å². The van der Waals surface area contributed by atoms with E-state index < -0.39 is 11.2 Å². The Morgan fingerprint density at radius 1 is 0.900 bits per heavy atom. The lowest BCUT2D eigenvalue weighted by Crippen LogP contribution is -2.29. The smallest absolute Gasteiger partial charge is 0.322 e. The van der Waals surface area contributed by atoms with E-state index in [9.17, 15) is 9.59 Å². The lowest BCUT2D eigenvalue weighted by Gasteiger charge is -2.18. The molecule has 0 unspecified atom stereocenters. The van der Waals surface area contributed by atoms with Crippen LogP contribution in [0.25, 0.3) is 22.6 Å². The van der Waals surface area contributed by atoms with E-state index in [1.165, 1.54) is 16.7 Å². The molecular formula is C23H21IN4O2. The lowest BCUT2D eigenvalue weighted by molar-refractivity contribution is 0.648. The van der Waals surface area contributed by atoms with Gasteiger partial charge in [0.15, 0.2) is 11.5 Å². The van der Waals surface area contributed by atoms with E-state index >= 15 is 0 Å². The van der Waals surface area contributed by atoms with E-state index in [0.29, 0.717) is 12.4 Å². The minimum absolute atomic E-state index is 0.216. The number of H-pyrrole nitrogens is 1. The number of fused-ring (bicyclic) bond motifs is 8. The Hall–Kier alpha value is -2.55. The van der Waals surface area contributed by atoms with Gasteiger partial charge in [-0.15, -0.1) is 0 Å². The predicted molar refractivity (Wildman–Crippen MR) is 125 cm³/mol. The Labute approximate surface area is 186 Å². The average Bonchev–Trinajstić information content (AvgIpc) is 2.73. The van der Waals surface area contributed by atoms with Gasteiger partial charge in [0.1, 0.15) is 0 Å². The molecule has 4 bridgehead atoms. The molecule has 152 valence electrons. The first-order chi connectivity index (χ1) is 14.6. The van der Waals surface area contributed by atoms with Crippen molar-refractivity contribution in [1.29, 1.82) is 0 Å². The molecule has 0 radical (unpaired) electrons. The van der Waals surface area contributed by atoms with Crippen molar-refractivity contribution in [3.8, 4) is 11.5 Å². The normalized spacial score (nSPS) is 14.8. The van der Waals surface area contributed by atoms with Gasteiger partial charge in [0, 0.05) is 10.1 Å². The summed E-state index contributed by atoms with van der Waals surface area (Å²) in [4.78, 5) is 35.3. The van der Waals surface area contributed by atoms with E-state index in [0.717, 1.165) is 53.1 Å². The lowest BCUT2D eigenvalue weighted by atomic mass is 10.0. The second-order valence-electron chi connectivity index (χ2n) is 7.87. The first-order valence-corrected chi connectivity index (χ1v) is 11.4. The largest absolute Gasteiger partial charge is 0.349 e. The fourth-order valence-electron chi connectivity index (χ4n) is 4.24. The van der Waals surface area contributed by atoms with Gasteiger partial charge in [-0.2, -0.15) is 4.98 Å². The standard InChI is InChI=1S/C23H21IN4O2/c24-17-13-18-19-12-16(17)6-2-1-4-14-7-9-15(10-8-14)5-3-11-28(19)21-20(25-18)22(29)27-23(30)26-21/h7-10,12-13H,1-6,11H2,(H,27,29,30). The van der Waals surface area contributed by atoms with Crippen molar-refractivity contribution < 1.29 is 0 Å². The highest BCUT2D eigenvalue weighted by Gasteiger charge is 2.19. The monoisotopic (exact) mass is 512 g/mol. The van der Waals surface area contributed by atoms with Crippen LogP contribution >= 0.6 is 22.6 Å². The summed E-state index contributed by atoms with van der Waals surface area (Å²) < 4.78 is 3.15. The number of aryl methyl sites for hydroxylation is 4. The molecule has 0 saturated carbocycles. The first-order valence-electron chi connectivity index (χ1n) is 10.3. The van der Waals surface area contributed by atoms with Gasteiger partial charge in [-0.25, -0.2) is 9.78 Å². The summed E-state index contributed by atoms with van der Waals surface area (Å²) in [5, 5.41) is 0. The summed E-state index contributed by atoms with van der Waals surface area (Å²) in [5.74, 6) is 0.364. The Kier molecular flexibility index (Phi) is 5.14. The molecule has 0 atom stereocenters. The molecule has 0 fully saturated rings. The van der Waals surface area contributed by atoms with E-state index in [-0.39, 0.29) is 5.69 Å². The number of hydrogen-bond acceptors (Lipinski definition) is 4. The maximum atomic E-state index is 12.4. The summed E-state index contributed by atoms with van der Waals surface area (Å²) in [6, 6.07) is 13.1. The molecule has 6 rings (SSSR count). The molecule has 30 heavy (non-hydrogen) atoms. The molecule has 7 heteroatoms. The quantitative estimate of drug-likeness (QED) is 0.288. The zero-order valence-electron chi connectivity index (χ0n) is 16.4. The van der Waals surface area contributed by atoms with E-state index in [1.807, 2.05) is 10.6 Å². The zero-order valence-corrected chi connectivity index (χ0v) is 18.6. The summed E-state index contributed by atoms with van der Waals surface area (Å²) in [7, 11) is 0. The van der Waals surface area contributed by atoms with Gasteiger partial charge < -0.3 is 4.57 Å². The maximum Gasteiger partial charge on any atom is 0.349 e. The number of aromatic amines is 1. The summed E-state index contributed by atoms with van der Waals surface area (Å²) in [6.07, 6.45) is 6.12. The average molecular weight is 512 g/mol. The highest BCUT2D eigenvalue weighted by atomic mass is 127. The third-order valence-corrected chi connectivity index (χ3v) is 6.81. The first kappa shape index (κ1) is 19.4. The van der Waals surface area contributed by atoms with Crippen molar-refractivity contribution in [1.82, 2.24) is 19.5 Å². The molecule has 0 aromatic heterocycles. The van der Waals surface area contributed by atoms with Gasteiger partial charge >= 0.3 is 5.69 Å². The number of hydrogen-bond donors (Lipinski definition) is 1. The Morgan fingerprint density at radius 2 is 1.60 bits per heavy atom. The minimum Gasteiger partial charge on any atom is -0.322 e. The minimum atomic E-state index is -0.630. The number of aromatic nitrogens is 4. The molecule has 0 amide bonds. The molecule has 0 aliphatic carbocycles. The van der Waals surface area contributed by atoms with E-state index in [4.69, 9.17) is 0 Å². The molecular weight excluding hydrogens is 491 g/mol. The second kappa shape index (κ2) is 7.94. The van der Waals surface area contributed by atoms with E-state index in [1.54, 1.807) is 0 Å². The fraction of sp³-hybridized carbons (Fsp3) is 0.304. The summed E-state index contributed by atoms with van der Waals surface area (Å²) >= 11 is 2.35. The molecule has 4 aliphatic heterocycles. The predicted octanol–water partition coefficient (Wildman–Crippen LogP) is 3.70. The third-order valence-electron chi connectivity index (χ3n) is 5.81. The van der Waals surface area contributed by atoms with Gasteiger partial charge in [-0.3, -0.25) is 9.78 Å². The molecule has 4 heterocycles. The van der Waals surface area contributed by atoms with Crippen LogP contribution in [-0.4, -0.2) is 19.5 Å². The molecule has 2 aromatic rings. The van der Waals surface area contributed by atoms with Gasteiger partial charge in [0.05, 0.1) is 11.0 Å². The van der Waals surface area contributed by atoms with Crippen molar-refractivity contribution >= 4 is 33.6 Å². The number of benzene rings is 2. The fourth-order valence-corrected chi connectivity index (χ4v) is 4.96. The number of nitrogens with zero attached hydrogens (tertiary/aromatic N) is 3. The third kappa shape index (κ3) is 3.66. The van der Waals surface area contributed by atoms with Crippen LogP contribution in [0.2, 0.25) is 0 Å². The van der Waals surface area contributed by atoms with Crippen LogP contribution in [0.4, 0.5) is 0 Å². The van der Waals surface area contributed by atoms with Crippen LogP contribution < -0.4 is 11.2 Å². The Morgan fingerprint density at radius 3 is 2.37 bits per heavy atom. The van der Waals surface area contributed by atoms with Crippen molar-refractivity contribution in [2.45, 2.75) is 45.1 Å². The Balaban J connectivity index is 1.71. The van der Waals surface area contributed by atoms with E-state index in [2.05, 4.69) is 67.9 Å². The van der Waals surface area contributed by atoms with Crippen LogP contribution in [0.3, 0.4) is 0 Å². The molecule has 2 aromatic carbocycles. The second-order valence-corrected chi connectivity index (χ2v) is 9.03. The van der Waals surface area contributed by atoms with Crippen molar-refractivity contribution in [2.24, 2.45) is 0 Å². The number of halogens is 1. The SMILES string of the molecule is O=c1nc2n3c4cc(c(I)cc4nc-2c(=O)[nH]1)CCCCc1ccc(cc1)CCC3. The van der Waals surface area contributed by atoms with Gasteiger partial charge in [0.25, 0.3) is 5.56 Å². The molecule has 6 nitrogen and oxygen atoms in total. The number of nitrogens with one attached hydrogen (secondary N) is 1. The highest BCUT2D eigenvalue weighted by molar-refractivity contribution is 14.1. The molecule has 4 aliphatic rings. The van der Waals surface area contributed by atoms with Crippen LogP contribution in [0.15, 0.2) is 46.0 Å². The van der Waals surface area contributed by atoms with Crippen LogP contribution in [0.1, 0.15) is 36.0 Å². The topological polar surface area (TPSA) is 80.6 Å². The van der Waals surface area contributed by atoms with Crippen LogP contribution in [-0.2, 0) is 25.8 Å². The number of rotatable bonds is 0. The Bertz CT molecular complexity index is 1320. The summed E-state index contributed by atoms with van der Waals surface area (Å²) in [5.41, 5.74) is 4.74. The van der Waals surface area contributed by atoms with Crippen molar-refractivity contribution in [2.75, 3.05) is 0 Å².